The van der Waals surface area contributed by atoms with Crippen molar-refractivity contribution in [2.24, 2.45) is 0 Å². The molecule has 88 valence electrons. The molecular weight excluding hydrogens is 229 g/mol. The number of nitrogens with one attached hydrogen (secondary N) is 1. The van der Waals surface area contributed by atoms with E-state index in [0.717, 1.165) is 5.56 Å². The summed E-state index contributed by atoms with van der Waals surface area (Å²) < 4.78 is 13.5. The van der Waals surface area contributed by atoms with E-state index in [1.807, 2.05) is 0 Å². The Hall–Kier alpha value is -1.09. The van der Waals surface area contributed by atoms with Gasteiger partial charge in [0, 0.05) is 11.4 Å². The van der Waals surface area contributed by atoms with Crippen molar-refractivity contribution in [2.45, 2.75) is 26.3 Å². The number of carbonyl (C=O) groups is 1. The summed E-state index contributed by atoms with van der Waals surface area (Å²) in [5, 5.41) is 2.67. The molecule has 0 unspecified atom stereocenters. The number of hydrogen-bond acceptors (Lipinski definition) is 1. The minimum atomic E-state index is -0.546. The Bertz CT molecular complexity index is 404. The van der Waals surface area contributed by atoms with E-state index < -0.39 is 17.3 Å². The van der Waals surface area contributed by atoms with Crippen LogP contribution in [0.15, 0.2) is 18.2 Å². The molecule has 1 aromatic rings. The molecular formula is C12H15ClFNO. The summed E-state index contributed by atoms with van der Waals surface area (Å²) in [6, 6.07) is 4.51. The molecule has 1 amide bonds. The third-order valence-corrected chi connectivity index (χ3v) is 2.82. The second-order valence-corrected chi connectivity index (χ2v) is 4.72. The summed E-state index contributed by atoms with van der Waals surface area (Å²) >= 11 is 5.68. The Labute approximate surface area is 99.8 Å². The molecule has 1 rings (SSSR count). The molecule has 0 radical (unpaired) electrons. The van der Waals surface area contributed by atoms with Crippen molar-refractivity contribution in [1.29, 1.82) is 0 Å². The highest BCUT2D eigenvalue weighted by atomic mass is 35.5. The fourth-order valence-corrected chi connectivity index (χ4v) is 1.28. The number of alkyl halides is 1. The van der Waals surface area contributed by atoms with E-state index in [1.54, 1.807) is 26.8 Å². The van der Waals surface area contributed by atoms with Gasteiger partial charge in [-0.2, -0.15) is 0 Å². The van der Waals surface area contributed by atoms with Crippen molar-refractivity contribution in [3.05, 3.63) is 35.1 Å². The van der Waals surface area contributed by atoms with Crippen LogP contribution in [0, 0.1) is 12.7 Å². The summed E-state index contributed by atoms with van der Waals surface area (Å²) in [6.07, 6.45) is 0. The smallest absolute Gasteiger partial charge is 0.254 e. The molecule has 4 heteroatoms. The number of amides is 1. The standard InChI is InChI=1S/C12H15ClFNO/c1-8-4-5-9(10(14)6-8)11(16)15-12(2,3)7-13/h4-6H,7H2,1-3H3,(H,15,16). The summed E-state index contributed by atoms with van der Waals surface area (Å²) in [5.74, 6) is -0.683. The lowest BCUT2D eigenvalue weighted by Gasteiger charge is -2.23. The highest BCUT2D eigenvalue weighted by molar-refractivity contribution is 6.18. The molecule has 1 N–H and O–H groups in total. The number of halogens is 2. The van der Waals surface area contributed by atoms with E-state index in [9.17, 15) is 9.18 Å². The predicted molar refractivity (Wildman–Crippen MR) is 63.4 cm³/mol. The number of aryl methyl sites for hydroxylation is 1. The lowest BCUT2D eigenvalue weighted by molar-refractivity contribution is 0.0916. The van der Waals surface area contributed by atoms with Crippen molar-refractivity contribution >= 4 is 17.5 Å². The van der Waals surface area contributed by atoms with Crippen molar-refractivity contribution in [3.63, 3.8) is 0 Å². The van der Waals surface area contributed by atoms with Gasteiger partial charge >= 0.3 is 0 Å². The summed E-state index contributed by atoms with van der Waals surface area (Å²) in [6.45, 7) is 5.33. The third kappa shape index (κ3) is 3.20. The molecule has 1 aromatic carbocycles. The fraction of sp³-hybridized carbons (Fsp3) is 0.417. The van der Waals surface area contributed by atoms with Crippen LogP contribution in [0.2, 0.25) is 0 Å². The molecule has 0 aromatic heterocycles. The van der Waals surface area contributed by atoms with Gasteiger partial charge in [-0.1, -0.05) is 6.07 Å². The Morgan fingerprint density at radius 3 is 2.62 bits per heavy atom. The van der Waals surface area contributed by atoms with Crippen molar-refractivity contribution in [3.8, 4) is 0 Å². The first-order chi connectivity index (χ1) is 7.35. The van der Waals surface area contributed by atoms with Crippen LogP contribution in [0.5, 0.6) is 0 Å². The zero-order valence-corrected chi connectivity index (χ0v) is 10.4. The predicted octanol–water partition coefficient (Wildman–Crippen LogP) is 2.88. The topological polar surface area (TPSA) is 29.1 Å². The Morgan fingerprint density at radius 1 is 1.50 bits per heavy atom. The minimum absolute atomic E-state index is 0.0452. The molecule has 0 atom stereocenters. The number of benzene rings is 1. The largest absolute Gasteiger partial charge is 0.346 e. The quantitative estimate of drug-likeness (QED) is 0.813. The van der Waals surface area contributed by atoms with E-state index in [0.29, 0.717) is 0 Å². The summed E-state index contributed by atoms with van der Waals surface area (Å²) in [5.41, 5.74) is 0.283. The van der Waals surface area contributed by atoms with Crippen LogP contribution in [0.3, 0.4) is 0 Å². The monoisotopic (exact) mass is 243 g/mol. The highest BCUT2D eigenvalue weighted by Crippen LogP contribution is 2.12. The fourth-order valence-electron chi connectivity index (χ4n) is 1.21. The molecule has 0 fully saturated rings. The maximum Gasteiger partial charge on any atom is 0.254 e. The zero-order chi connectivity index (χ0) is 12.3. The molecule has 0 aliphatic heterocycles. The molecule has 0 heterocycles. The molecule has 0 saturated carbocycles. The van der Waals surface area contributed by atoms with Gasteiger partial charge in [0.25, 0.3) is 5.91 Å². The van der Waals surface area contributed by atoms with Crippen LogP contribution in [-0.4, -0.2) is 17.3 Å². The average molecular weight is 244 g/mol. The van der Waals surface area contributed by atoms with Gasteiger partial charge < -0.3 is 5.32 Å². The Morgan fingerprint density at radius 2 is 2.12 bits per heavy atom. The van der Waals surface area contributed by atoms with Crippen LogP contribution in [0.1, 0.15) is 29.8 Å². The van der Waals surface area contributed by atoms with E-state index in [1.165, 1.54) is 12.1 Å². The summed E-state index contributed by atoms with van der Waals surface area (Å²) in [7, 11) is 0. The van der Waals surface area contributed by atoms with Crippen molar-refractivity contribution in [2.75, 3.05) is 5.88 Å². The van der Waals surface area contributed by atoms with Gasteiger partial charge in [0.05, 0.1) is 5.56 Å². The molecule has 0 aliphatic rings. The van der Waals surface area contributed by atoms with Crippen molar-refractivity contribution < 1.29 is 9.18 Å². The van der Waals surface area contributed by atoms with Crippen LogP contribution in [0.25, 0.3) is 0 Å². The van der Waals surface area contributed by atoms with Crippen LogP contribution < -0.4 is 5.32 Å². The van der Waals surface area contributed by atoms with E-state index in [4.69, 9.17) is 11.6 Å². The number of hydrogen-bond donors (Lipinski definition) is 1. The molecule has 2 nitrogen and oxygen atoms in total. The van der Waals surface area contributed by atoms with Crippen LogP contribution in [-0.2, 0) is 0 Å². The normalized spacial score (nSPS) is 11.3. The molecule has 0 aliphatic carbocycles. The van der Waals surface area contributed by atoms with Gasteiger partial charge in [-0.25, -0.2) is 4.39 Å². The molecule has 16 heavy (non-hydrogen) atoms. The molecule has 0 saturated heterocycles. The lowest BCUT2D eigenvalue weighted by atomic mass is 10.1. The van der Waals surface area contributed by atoms with Gasteiger partial charge in [0.15, 0.2) is 0 Å². The van der Waals surface area contributed by atoms with Crippen LogP contribution >= 0.6 is 11.6 Å². The first-order valence-corrected chi connectivity index (χ1v) is 5.54. The van der Waals surface area contributed by atoms with Gasteiger partial charge in [-0.15, -0.1) is 11.6 Å². The van der Waals surface area contributed by atoms with Crippen molar-refractivity contribution in [1.82, 2.24) is 5.32 Å². The van der Waals surface area contributed by atoms with E-state index in [2.05, 4.69) is 5.32 Å². The second-order valence-electron chi connectivity index (χ2n) is 4.45. The Balaban J connectivity index is 2.89. The first-order valence-electron chi connectivity index (χ1n) is 5.00. The van der Waals surface area contributed by atoms with E-state index in [-0.39, 0.29) is 11.4 Å². The van der Waals surface area contributed by atoms with Gasteiger partial charge in [0.2, 0.25) is 0 Å². The average Bonchev–Trinajstić information content (AvgIpc) is 2.16. The third-order valence-electron chi connectivity index (χ3n) is 2.16. The Kier molecular flexibility index (Phi) is 3.92. The molecule has 0 bridgehead atoms. The summed E-state index contributed by atoms with van der Waals surface area (Å²) in [4.78, 5) is 11.7. The second kappa shape index (κ2) is 4.83. The highest BCUT2D eigenvalue weighted by Gasteiger charge is 2.21. The molecule has 0 spiro atoms. The minimum Gasteiger partial charge on any atom is -0.346 e. The maximum atomic E-state index is 13.5. The maximum absolute atomic E-state index is 13.5. The van der Waals surface area contributed by atoms with Crippen LogP contribution in [0.4, 0.5) is 4.39 Å². The van der Waals surface area contributed by atoms with E-state index >= 15 is 0 Å². The van der Waals surface area contributed by atoms with Gasteiger partial charge in [-0.05, 0) is 38.5 Å². The zero-order valence-electron chi connectivity index (χ0n) is 9.60. The van der Waals surface area contributed by atoms with Gasteiger partial charge in [0.1, 0.15) is 5.82 Å². The SMILES string of the molecule is Cc1ccc(C(=O)NC(C)(C)CCl)c(F)c1. The lowest BCUT2D eigenvalue weighted by Crippen LogP contribution is -2.45. The number of rotatable bonds is 3. The number of carbonyl (C=O) groups excluding carboxylic acids is 1. The van der Waals surface area contributed by atoms with Gasteiger partial charge in [-0.3, -0.25) is 4.79 Å². The first kappa shape index (κ1) is 13.0.